The van der Waals surface area contributed by atoms with Crippen molar-refractivity contribution in [3.05, 3.63) is 35.9 Å². The number of aromatic nitrogens is 3. The smallest absolute Gasteiger partial charge is 0.234 e. The molecule has 8 heteroatoms. The number of aryl methyl sites for hydroxylation is 2. The number of halogens is 1. The molecule has 0 spiro atoms. The SMILES string of the molecule is Cc1cc(F)ccc1S(=O)(=O)N1CCCn2ncnc21. The van der Waals surface area contributed by atoms with Crippen molar-refractivity contribution in [1.29, 1.82) is 0 Å². The fourth-order valence-corrected chi connectivity index (χ4v) is 3.99. The zero-order valence-electron chi connectivity index (χ0n) is 10.8. The Labute approximate surface area is 115 Å². The number of anilines is 1. The predicted molar refractivity (Wildman–Crippen MR) is 70.3 cm³/mol. The van der Waals surface area contributed by atoms with Gasteiger partial charge in [-0.1, -0.05) is 0 Å². The van der Waals surface area contributed by atoms with Gasteiger partial charge >= 0.3 is 0 Å². The summed E-state index contributed by atoms with van der Waals surface area (Å²) >= 11 is 0. The van der Waals surface area contributed by atoms with E-state index in [2.05, 4.69) is 10.1 Å². The van der Waals surface area contributed by atoms with Gasteiger partial charge in [-0.25, -0.2) is 21.8 Å². The summed E-state index contributed by atoms with van der Waals surface area (Å²) < 4.78 is 41.3. The van der Waals surface area contributed by atoms with Crippen LogP contribution >= 0.6 is 0 Å². The lowest BCUT2D eigenvalue weighted by Crippen LogP contribution is -2.38. The van der Waals surface area contributed by atoms with Crippen LogP contribution in [0, 0.1) is 12.7 Å². The molecule has 0 saturated carbocycles. The highest BCUT2D eigenvalue weighted by Crippen LogP contribution is 2.27. The molecule has 0 atom stereocenters. The van der Waals surface area contributed by atoms with Crippen molar-refractivity contribution in [2.75, 3.05) is 10.8 Å². The quantitative estimate of drug-likeness (QED) is 0.838. The molecule has 0 radical (unpaired) electrons. The van der Waals surface area contributed by atoms with E-state index >= 15 is 0 Å². The van der Waals surface area contributed by atoms with E-state index in [1.807, 2.05) is 0 Å². The molecular weight excluding hydrogens is 283 g/mol. The van der Waals surface area contributed by atoms with Crippen LogP contribution in [0.15, 0.2) is 29.4 Å². The maximum absolute atomic E-state index is 13.1. The molecule has 0 aliphatic carbocycles. The van der Waals surface area contributed by atoms with Crippen LogP contribution in [0.1, 0.15) is 12.0 Å². The van der Waals surface area contributed by atoms with Crippen LogP contribution in [0.3, 0.4) is 0 Å². The second-order valence-electron chi connectivity index (χ2n) is 4.62. The molecule has 3 rings (SSSR count). The number of hydrogen-bond acceptors (Lipinski definition) is 4. The van der Waals surface area contributed by atoms with Crippen molar-refractivity contribution in [3.8, 4) is 0 Å². The van der Waals surface area contributed by atoms with E-state index in [4.69, 9.17) is 0 Å². The molecule has 1 aromatic heterocycles. The highest BCUT2D eigenvalue weighted by Gasteiger charge is 2.32. The molecule has 0 N–H and O–H groups in total. The Balaban J connectivity index is 2.10. The largest absolute Gasteiger partial charge is 0.266 e. The van der Waals surface area contributed by atoms with Gasteiger partial charge in [-0.2, -0.15) is 10.1 Å². The molecule has 0 saturated heterocycles. The van der Waals surface area contributed by atoms with Gasteiger partial charge in [0.1, 0.15) is 12.1 Å². The van der Waals surface area contributed by atoms with Gasteiger partial charge in [0.05, 0.1) is 4.90 Å². The summed E-state index contributed by atoms with van der Waals surface area (Å²) in [5.41, 5.74) is 0.377. The summed E-state index contributed by atoms with van der Waals surface area (Å²) in [4.78, 5) is 4.09. The zero-order valence-corrected chi connectivity index (χ0v) is 11.6. The Bertz CT molecular complexity index is 757. The van der Waals surface area contributed by atoms with Crippen LogP contribution < -0.4 is 4.31 Å². The predicted octanol–water partition coefficient (Wildman–Crippen LogP) is 1.32. The molecule has 2 heterocycles. The molecule has 0 amide bonds. The number of sulfonamides is 1. The summed E-state index contributed by atoms with van der Waals surface area (Å²) in [5.74, 6) is -0.150. The second kappa shape index (κ2) is 4.55. The molecule has 106 valence electrons. The van der Waals surface area contributed by atoms with Gasteiger partial charge in [-0.05, 0) is 37.1 Å². The first-order valence-electron chi connectivity index (χ1n) is 6.17. The molecular formula is C12H13FN4O2S. The van der Waals surface area contributed by atoms with Crippen molar-refractivity contribution in [2.24, 2.45) is 0 Å². The molecule has 0 bridgehead atoms. The number of nitrogens with zero attached hydrogens (tertiary/aromatic N) is 4. The molecule has 1 aliphatic rings. The van der Waals surface area contributed by atoms with E-state index in [0.29, 0.717) is 31.0 Å². The van der Waals surface area contributed by atoms with Crippen molar-refractivity contribution in [2.45, 2.75) is 24.8 Å². The monoisotopic (exact) mass is 296 g/mol. The lowest BCUT2D eigenvalue weighted by atomic mass is 10.2. The fraction of sp³-hybridized carbons (Fsp3) is 0.333. The van der Waals surface area contributed by atoms with Gasteiger partial charge < -0.3 is 0 Å². The number of hydrogen-bond donors (Lipinski definition) is 0. The molecule has 1 aromatic carbocycles. The standard InChI is InChI=1S/C12H13FN4O2S/c1-9-7-10(13)3-4-11(9)20(18,19)17-6-2-5-16-12(17)14-8-15-16/h3-4,7-8H,2,5-6H2,1H3. The topological polar surface area (TPSA) is 68.1 Å². The first-order valence-corrected chi connectivity index (χ1v) is 7.61. The maximum Gasteiger partial charge on any atom is 0.266 e. The van der Waals surface area contributed by atoms with Crippen molar-refractivity contribution in [1.82, 2.24) is 14.8 Å². The highest BCUT2D eigenvalue weighted by molar-refractivity contribution is 7.92. The Kier molecular flexibility index (Phi) is 2.97. The van der Waals surface area contributed by atoms with E-state index in [1.165, 1.54) is 22.8 Å². The van der Waals surface area contributed by atoms with Crippen LogP contribution in [0.25, 0.3) is 0 Å². The van der Waals surface area contributed by atoms with Gasteiger partial charge in [-0.15, -0.1) is 0 Å². The second-order valence-corrected chi connectivity index (χ2v) is 6.45. The maximum atomic E-state index is 13.1. The lowest BCUT2D eigenvalue weighted by Gasteiger charge is -2.27. The minimum atomic E-state index is -3.75. The van der Waals surface area contributed by atoms with Crippen LogP contribution in [0.5, 0.6) is 0 Å². The third-order valence-electron chi connectivity index (χ3n) is 3.25. The number of benzene rings is 1. The first kappa shape index (κ1) is 13.0. The lowest BCUT2D eigenvalue weighted by molar-refractivity contribution is 0.529. The summed E-state index contributed by atoms with van der Waals surface area (Å²) in [6, 6.07) is 3.64. The van der Waals surface area contributed by atoms with Gasteiger partial charge in [0.2, 0.25) is 5.95 Å². The molecule has 2 aromatic rings. The normalized spacial score (nSPS) is 15.2. The first-order chi connectivity index (χ1) is 9.50. The van der Waals surface area contributed by atoms with Crippen LogP contribution in [-0.4, -0.2) is 29.7 Å². The summed E-state index contributed by atoms with van der Waals surface area (Å²) in [6.07, 6.45) is 2.00. The zero-order chi connectivity index (χ0) is 14.3. The van der Waals surface area contributed by atoms with Crippen molar-refractivity contribution >= 4 is 16.0 Å². The Morgan fingerprint density at radius 2 is 2.10 bits per heavy atom. The highest BCUT2D eigenvalue weighted by atomic mass is 32.2. The summed E-state index contributed by atoms with van der Waals surface area (Å²) in [5, 5.41) is 3.99. The van der Waals surface area contributed by atoms with Crippen LogP contribution in [0.2, 0.25) is 0 Å². The van der Waals surface area contributed by atoms with Gasteiger partial charge in [0.15, 0.2) is 0 Å². The van der Waals surface area contributed by atoms with Gasteiger partial charge in [-0.3, -0.25) is 0 Å². The summed E-state index contributed by atoms with van der Waals surface area (Å²) in [6.45, 7) is 2.56. The minimum Gasteiger partial charge on any atom is -0.234 e. The number of fused-ring (bicyclic) bond motifs is 1. The van der Waals surface area contributed by atoms with E-state index in [0.717, 1.165) is 6.07 Å². The molecule has 20 heavy (non-hydrogen) atoms. The molecule has 1 aliphatic heterocycles. The van der Waals surface area contributed by atoms with Crippen molar-refractivity contribution < 1.29 is 12.8 Å². The molecule has 6 nitrogen and oxygen atoms in total. The Morgan fingerprint density at radius 3 is 2.85 bits per heavy atom. The van der Waals surface area contributed by atoms with Gasteiger partial charge in [0.25, 0.3) is 10.0 Å². The average Bonchev–Trinajstić information content (AvgIpc) is 2.85. The summed E-state index contributed by atoms with van der Waals surface area (Å²) in [7, 11) is -3.75. The molecule has 0 fully saturated rings. The Hall–Kier alpha value is -1.96. The van der Waals surface area contributed by atoms with E-state index in [-0.39, 0.29) is 4.90 Å². The third kappa shape index (κ3) is 1.96. The third-order valence-corrected chi connectivity index (χ3v) is 5.19. The van der Waals surface area contributed by atoms with Gasteiger partial charge in [0, 0.05) is 13.1 Å². The van der Waals surface area contributed by atoms with Crippen LogP contribution in [-0.2, 0) is 16.6 Å². The minimum absolute atomic E-state index is 0.0929. The van der Waals surface area contributed by atoms with Crippen molar-refractivity contribution in [3.63, 3.8) is 0 Å². The Morgan fingerprint density at radius 1 is 1.30 bits per heavy atom. The van der Waals surface area contributed by atoms with E-state index < -0.39 is 15.8 Å². The van der Waals surface area contributed by atoms with E-state index in [9.17, 15) is 12.8 Å². The number of rotatable bonds is 2. The molecule has 0 unspecified atom stereocenters. The van der Waals surface area contributed by atoms with E-state index in [1.54, 1.807) is 11.6 Å². The average molecular weight is 296 g/mol. The fourth-order valence-electron chi connectivity index (χ4n) is 2.32. The van der Waals surface area contributed by atoms with Crippen LogP contribution in [0.4, 0.5) is 10.3 Å².